The van der Waals surface area contributed by atoms with Crippen LogP contribution in [-0.4, -0.2) is 30.0 Å². The molecule has 0 amide bonds. The van der Waals surface area contributed by atoms with Gasteiger partial charge in [0.2, 0.25) is 0 Å². The molecule has 74 valence electrons. The number of aryl methyl sites for hydroxylation is 2. The van der Waals surface area contributed by atoms with E-state index < -0.39 is 0 Å². The van der Waals surface area contributed by atoms with Gasteiger partial charge in [-0.25, -0.2) is 4.98 Å². The number of nitrogens with zero attached hydrogens (tertiary/aromatic N) is 2. The van der Waals surface area contributed by atoms with E-state index in [-0.39, 0.29) is 0 Å². The minimum absolute atomic E-state index is 1.16. The number of thiazole rings is 1. The van der Waals surface area contributed by atoms with E-state index in [1.54, 1.807) is 11.3 Å². The molecular weight excluding hydrogens is 180 g/mol. The van der Waals surface area contributed by atoms with Crippen molar-refractivity contribution in [1.29, 1.82) is 0 Å². The fourth-order valence-corrected chi connectivity index (χ4v) is 1.83. The van der Waals surface area contributed by atoms with Crippen molar-refractivity contribution in [2.45, 2.75) is 26.7 Å². The van der Waals surface area contributed by atoms with E-state index >= 15 is 0 Å². The normalized spacial score (nSPS) is 16.8. The zero-order valence-corrected chi connectivity index (χ0v) is 9.52. The summed E-state index contributed by atoms with van der Waals surface area (Å²) in [6, 6.07) is 0. The van der Waals surface area contributed by atoms with Crippen LogP contribution in [0.3, 0.4) is 0 Å². The Kier molecular flexibility index (Phi) is 4.39. The first-order valence-corrected chi connectivity index (χ1v) is 5.63. The summed E-state index contributed by atoms with van der Waals surface area (Å²) in [5, 5.41) is 0. The highest BCUT2D eigenvalue weighted by molar-refractivity contribution is 7.09. The largest absolute Gasteiger partial charge is 0.306 e. The Bertz CT molecular complexity index is 222. The average molecular weight is 198 g/mol. The zero-order valence-electron chi connectivity index (χ0n) is 8.71. The topological polar surface area (TPSA) is 16.1 Å². The summed E-state index contributed by atoms with van der Waals surface area (Å²) < 4.78 is 0. The third-order valence-corrected chi connectivity index (χ3v) is 3.17. The maximum atomic E-state index is 4.03. The van der Waals surface area contributed by atoms with E-state index in [1.165, 1.54) is 30.8 Å². The SMILES string of the molecule is CN1CCCC1.Cc1ncsc1C. The minimum Gasteiger partial charge on any atom is -0.306 e. The molecule has 2 nitrogen and oxygen atoms in total. The van der Waals surface area contributed by atoms with Crippen molar-refractivity contribution in [1.82, 2.24) is 9.88 Å². The highest BCUT2D eigenvalue weighted by Gasteiger charge is 2.03. The molecule has 2 heterocycles. The summed E-state index contributed by atoms with van der Waals surface area (Å²) in [5.74, 6) is 0. The van der Waals surface area contributed by atoms with Crippen molar-refractivity contribution in [2.24, 2.45) is 0 Å². The third-order valence-electron chi connectivity index (χ3n) is 2.32. The van der Waals surface area contributed by atoms with E-state index in [2.05, 4.69) is 23.9 Å². The molecule has 1 fully saturated rings. The second kappa shape index (κ2) is 5.35. The van der Waals surface area contributed by atoms with Crippen molar-refractivity contribution in [2.75, 3.05) is 20.1 Å². The van der Waals surface area contributed by atoms with Crippen LogP contribution >= 0.6 is 11.3 Å². The van der Waals surface area contributed by atoms with Crippen molar-refractivity contribution in [3.05, 3.63) is 16.1 Å². The zero-order chi connectivity index (χ0) is 9.68. The van der Waals surface area contributed by atoms with Crippen LogP contribution in [0.2, 0.25) is 0 Å². The fraction of sp³-hybridized carbons (Fsp3) is 0.700. The molecule has 1 aromatic rings. The molecule has 1 saturated heterocycles. The van der Waals surface area contributed by atoms with Gasteiger partial charge in [0.15, 0.2) is 0 Å². The Morgan fingerprint density at radius 3 is 2.08 bits per heavy atom. The molecule has 0 aromatic carbocycles. The van der Waals surface area contributed by atoms with Gasteiger partial charge in [-0.3, -0.25) is 0 Å². The summed E-state index contributed by atoms with van der Waals surface area (Å²) >= 11 is 1.69. The van der Waals surface area contributed by atoms with Gasteiger partial charge in [-0.15, -0.1) is 11.3 Å². The molecule has 3 heteroatoms. The van der Waals surface area contributed by atoms with Crippen LogP contribution < -0.4 is 0 Å². The molecule has 2 rings (SSSR count). The van der Waals surface area contributed by atoms with Gasteiger partial charge in [0.1, 0.15) is 0 Å². The smallest absolute Gasteiger partial charge is 0.0797 e. The molecule has 0 radical (unpaired) electrons. The molecule has 1 aliphatic heterocycles. The second-order valence-electron chi connectivity index (χ2n) is 3.50. The van der Waals surface area contributed by atoms with Crippen molar-refractivity contribution < 1.29 is 0 Å². The first-order valence-electron chi connectivity index (χ1n) is 4.75. The molecular formula is C10H18N2S. The van der Waals surface area contributed by atoms with Gasteiger partial charge in [0, 0.05) is 4.88 Å². The predicted molar refractivity (Wildman–Crippen MR) is 58.3 cm³/mol. The summed E-state index contributed by atoms with van der Waals surface area (Å²) in [6.45, 7) is 6.73. The van der Waals surface area contributed by atoms with Gasteiger partial charge in [-0.1, -0.05) is 0 Å². The van der Waals surface area contributed by atoms with Gasteiger partial charge in [-0.05, 0) is 46.8 Å². The highest BCUT2D eigenvalue weighted by atomic mass is 32.1. The van der Waals surface area contributed by atoms with Gasteiger partial charge < -0.3 is 4.90 Å². The summed E-state index contributed by atoms with van der Waals surface area (Å²) in [4.78, 5) is 7.72. The van der Waals surface area contributed by atoms with Gasteiger partial charge in [-0.2, -0.15) is 0 Å². The van der Waals surface area contributed by atoms with Gasteiger partial charge in [0.25, 0.3) is 0 Å². The quantitative estimate of drug-likeness (QED) is 0.636. The van der Waals surface area contributed by atoms with E-state index in [9.17, 15) is 0 Å². The molecule has 0 atom stereocenters. The molecule has 0 aliphatic carbocycles. The van der Waals surface area contributed by atoms with Crippen molar-refractivity contribution in [3.8, 4) is 0 Å². The lowest BCUT2D eigenvalue weighted by molar-refractivity contribution is 0.418. The predicted octanol–water partition coefficient (Wildman–Crippen LogP) is 2.47. The number of rotatable bonds is 0. The Balaban J connectivity index is 0.000000132. The van der Waals surface area contributed by atoms with Gasteiger partial charge >= 0.3 is 0 Å². The first kappa shape index (κ1) is 10.7. The lowest BCUT2D eigenvalue weighted by Gasteiger charge is -2.01. The van der Waals surface area contributed by atoms with Crippen molar-refractivity contribution in [3.63, 3.8) is 0 Å². The third kappa shape index (κ3) is 3.87. The Morgan fingerprint density at radius 1 is 1.31 bits per heavy atom. The van der Waals surface area contributed by atoms with Gasteiger partial charge in [0.05, 0.1) is 11.2 Å². The molecule has 0 unspecified atom stereocenters. The molecule has 13 heavy (non-hydrogen) atoms. The fourth-order valence-electron chi connectivity index (χ4n) is 1.24. The second-order valence-corrected chi connectivity index (χ2v) is 4.56. The standard InChI is InChI=1S/C5H7NS.C5H11N/c1-4-5(2)7-3-6-4;1-6-4-2-3-5-6/h3H,1-2H3;2-5H2,1H3. The van der Waals surface area contributed by atoms with Crippen LogP contribution in [-0.2, 0) is 0 Å². The van der Waals surface area contributed by atoms with E-state index in [0.717, 1.165) is 5.69 Å². The lowest BCUT2D eigenvalue weighted by Crippen LogP contribution is -2.10. The summed E-state index contributed by atoms with van der Waals surface area (Å²) in [5.41, 5.74) is 3.02. The summed E-state index contributed by atoms with van der Waals surface area (Å²) in [6.07, 6.45) is 2.83. The lowest BCUT2D eigenvalue weighted by atomic mass is 10.4. The van der Waals surface area contributed by atoms with E-state index in [0.29, 0.717) is 0 Å². The van der Waals surface area contributed by atoms with Crippen molar-refractivity contribution >= 4 is 11.3 Å². The van der Waals surface area contributed by atoms with E-state index in [1.807, 2.05) is 12.4 Å². The molecule has 1 aliphatic rings. The highest BCUT2D eigenvalue weighted by Crippen LogP contribution is 2.07. The van der Waals surface area contributed by atoms with E-state index in [4.69, 9.17) is 0 Å². The number of hydrogen-bond donors (Lipinski definition) is 0. The van der Waals surface area contributed by atoms with Crippen LogP contribution in [0.4, 0.5) is 0 Å². The minimum atomic E-state index is 1.16. The number of likely N-dealkylation sites (tertiary alicyclic amines) is 1. The maximum absolute atomic E-state index is 4.03. The molecule has 0 bridgehead atoms. The number of hydrogen-bond acceptors (Lipinski definition) is 3. The van der Waals surface area contributed by atoms with Crippen LogP contribution in [0, 0.1) is 13.8 Å². The molecule has 0 spiro atoms. The van der Waals surface area contributed by atoms with Crippen LogP contribution in [0.5, 0.6) is 0 Å². The first-order chi connectivity index (χ1) is 6.20. The Hall–Kier alpha value is -0.410. The Morgan fingerprint density at radius 2 is 1.92 bits per heavy atom. The van der Waals surface area contributed by atoms with Crippen LogP contribution in [0.1, 0.15) is 23.4 Å². The molecule has 1 aromatic heterocycles. The van der Waals surface area contributed by atoms with Crippen LogP contribution in [0.15, 0.2) is 5.51 Å². The monoisotopic (exact) mass is 198 g/mol. The molecule has 0 N–H and O–H groups in total. The maximum Gasteiger partial charge on any atom is 0.0797 e. The average Bonchev–Trinajstić information content (AvgIpc) is 2.67. The summed E-state index contributed by atoms with van der Waals surface area (Å²) in [7, 11) is 2.17. The number of aromatic nitrogens is 1. The van der Waals surface area contributed by atoms with Crippen LogP contribution in [0.25, 0.3) is 0 Å². The molecule has 0 saturated carbocycles. The Labute approximate surface area is 84.6 Å².